The van der Waals surface area contributed by atoms with Gasteiger partial charge in [-0.05, 0) is 12.1 Å². The molecule has 62 valence electrons. The number of nitrogens with zero attached hydrogens (tertiary/aromatic N) is 2. The number of rotatable bonds is 0. The van der Waals surface area contributed by atoms with Crippen LogP contribution < -0.4 is 4.57 Å². The molecule has 2 aromatic rings. The second kappa shape index (κ2) is 2.73. The Bertz CT molecular complexity index is 392. The van der Waals surface area contributed by atoms with Gasteiger partial charge in [-0.1, -0.05) is 12.1 Å². The second-order valence-corrected chi connectivity index (χ2v) is 3.84. The Morgan fingerprint density at radius 1 is 1.33 bits per heavy atom. The van der Waals surface area contributed by atoms with Gasteiger partial charge in [0.15, 0.2) is 11.0 Å². The fourth-order valence-electron chi connectivity index (χ4n) is 1.46. The van der Waals surface area contributed by atoms with Crippen molar-refractivity contribution >= 4 is 33.6 Å². The first-order valence-electron chi connectivity index (χ1n) is 3.81. The molecule has 0 fully saturated rings. The summed E-state index contributed by atoms with van der Waals surface area (Å²) in [7, 11) is 4.17. The summed E-state index contributed by atoms with van der Waals surface area (Å²) >= 11 is 2.35. The zero-order chi connectivity index (χ0) is 8.72. The van der Waals surface area contributed by atoms with Gasteiger partial charge in [-0.15, -0.1) is 0 Å². The molecule has 0 unspecified atom stereocenters. The van der Waals surface area contributed by atoms with Crippen LogP contribution in [0.2, 0.25) is 0 Å². The van der Waals surface area contributed by atoms with Gasteiger partial charge >= 0.3 is 3.83 Å². The number of fused-ring (bicyclic) bond motifs is 1. The fourth-order valence-corrected chi connectivity index (χ4v) is 1.97. The van der Waals surface area contributed by atoms with E-state index < -0.39 is 0 Å². The quantitative estimate of drug-likeness (QED) is 0.509. The smallest absolute Gasteiger partial charge is 0.221 e. The molecule has 0 aliphatic rings. The van der Waals surface area contributed by atoms with Gasteiger partial charge in [-0.3, -0.25) is 0 Å². The SMILES string of the molecule is Cn1c(I)[n+](C)c2ccccc21. The van der Waals surface area contributed by atoms with Crippen molar-refractivity contribution in [3.05, 3.63) is 28.1 Å². The minimum absolute atomic E-state index is 1.24. The van der Waals surface area contributed by atoms with E-state index in [4.69, 9.17) is 0 Å². The van der Waals surface area contributed by atoms with Crippen LogP contribution in [-0.4, -0.2) is 4.57 Å². The van der Waals surface area contributed by atoms with E-state index in [2.05, 4.69) is 70.1 Å². The van der Waals surface area contributed by atoms with Gasteiger partial charge in [0.2, 0.25) is 0 Å². The lowest BCUT2D eigenvalue weighted by Gasteiger charge is -1.84. The van der Waals surface area contributed by atoms with Crippen LogP contribution in [0.4, 0.5) is 0 Å². The van der Waals surface area contributed by atoms with Crippen molar-refractivity contribution in [3.8, 4) is 0 Å². The number of aryl methyl sites for hydroxylation is 2. The standard InChI is InChI=1S/C9H10IN2/c1-11-7-5-3-4-6-8(7)12(2)9(11)10/h3-6H,1-2H3/q+1. The van der Waals surface area contributed by atoms with Crippen molar-refractivity contribution in [1.82, 2.24) is 4.57 Å². The highest BCUT2D eigenvalue weighted by Gasteiger charge is 2.15. The lowest BCUT2D eigenvalue weighted by Crippen LogP contribution is -2.30. The van der Waals surface area contributed by atoms with Gasteiger partial charge in [0.05, 0.1) is 36.7 Å². The molecule has 1 heterocycles. The molecule has 0 aliphatic carbocycles. The number of para-hydroxylation sites is 2. The summed E-state index contributed by atoms with van der Waals surface area (Å²) in [4.78, 5) is 0. The molecule has 1 aromatic heterocycles. The van der Waals surface area contributed by atoms with Crippen molar-refractivity contribution in [3.63, 3.8) is 0 Å². The van der Waals surface area contributed by atoms with Crippen LogP contribution in [0.1, 0.15) is 0 Å². The molecule has 0 aliphatic heterocycles. The van der Waals surface area contributed by atoms with E-state index in [0.29, 0.717) is 0 Å². The van der Waals surface area contributed by atoms with Gasteiger partial charge < -0.3 is 0 Å². The predicted molar refractivity (Wildman–Crippen MR) is 56.8 cm³/mol. The largest absolute Gasteiger partial charge is 0.318 e. The van der Waals surface area contributed by atoms with Gasteiger partial charge in [0.1, 0.15) is 0 Å². The average Bonchev–Trinajstić information content (AvgIpc) is 2.33. The molecule has 12 heavy (non-hydrogen) atoms. The van der Waals surface area contributed by atoms with E-state index in [9.17, 15) is 0 Å². The molecule has 0 saturated heterocycles. The lowest BCUT2D eigenvalue weighted by molar-refractivity contribution is -0.659. The highest BCUT2D eigenvalue weighted by Crippen LogP contribution is 2.12. The summed E-state index contributed by atoms with van der Waals surface area (Å²) < 4.78 is 5.62. The van der Waals surface area contributed by atoms with Crippen molar-refractivity contribution in [1.29, 1.82) is 0 Å². The first-order chi connectivity index (χ1) is 5.72. The van der Waals surface area contributed by atoms with Crippen LogP contribution in [0.5, 0.6) is 0 Å². The monoisotopic (exact) mass is 273 g/mol. The number of hydrogen-bond donors (Lipinski definition) is 0. The number of benzene rings is 1. The highest BCUT2D eigenvalue weighted by atomic mass is 127. The van der Waals surface area contributed by atoms with E-state index in [-0.39, 0.29) is 0 Å². The number of imidazole rings is 1. The Labute approximate surface area is 85.0 Å². The van der Waals surface area contributed by atoms with Gasteiger partial charge in [-0.2, -0.15) is 0 Å². The molecule has 0 radical (unpaired) electrons. The molecule has 0 saturated carbocycles. The fraction of sp³-hybridized carbons (Fsp3) is 0.222. The number of halogens is 1. The summed E-state index contributed by atoms with van der Waals surface area (Å²) in [5, 5.41) is 0. The van der Waals surface area contributed by atoms with Crippen LogP contribution in [0.15, 0.2) is 24.3 Å². The zero-order valence-electron chi connectivity index (χ0n) is 7.08. The minimum atomic E-state index is 1.24. The molecular weight excluding hydrogens is 263 g/mol. The van der Waals surface area contributed by atoms with Crippen LogP contribution >= 0.6 is 22.6 Å². The van der Waals surface area contributed by atoms with Gasteiger partial charge in [-0.25, -0.2) is 9.13 Å². The number of aromatic nitrogens is 2. The highest BCUT2D eigenvalue weighted by molar-refractivity contribution is 14.1. The van der Waals surface area contributed by atoms with Crippen LogP contribution in [0.3, 0.4) is 0 Å². The number of hydrogen-bond acceptors (Lipinski definition) is 0. The third kappa shape index (κ3) is 0.957. The van der Waals surface area contributed by atoms with Gasteiger partial charge in [0.25, 0.3) is 0 Å². The molecular formula is C9H10IN2+. The Morgan fingerprint density at radius 3 is 2.67 bits per heavy atom. The topological polar surface area (TPSA) is 8.81 Å². The average molecular weight is 273 g/mol. The summed E-state index contributed by atoms with van der Waals surface area (Å²) in [6.07, 6.45) is 0. The van der Waals surface area contributed by atoms with Crippen molar-refractivity contribution in [2.45, 2.75) is 0 Å². The molecule has 2 rings (SSSR count). The normalized spacial score (nSPS) is 10.9. The van der Waals surface area contributed by atoms with Crippen LogP contribution in [0, 0.1) is 3.83 Å². The van der Waals surface area contributed by atoms with Gasteiger partial charge in [0, 0.05) is 0 Å². The van der Waals surface area contributed by atoms with E-state index >= 15 is 0 Å². The van der Waals surface area contributed by atoms with Crippen LogP contribution in [-0.2, 0) is 14.1 Å². The molecule has 0 spiro atoms. The molecule has 1 aromatic carbocycles. The molecule has 3 heteroatoms. The molecule has 2 nitrogen and oxygen atoms in total. The summed E-state index contributed by atoms with van der Waals surface area (Å²) in [5.74, 6) is 0. The third-order valence-corrected chi connectivity index (χ3v) is 3.61. The summed E-state index contributed by atoms with van der Waals surface area (Å²) in [6, 6.07) is 8.41. The second-order valence-electron chi connectivity index (χ2n) is 2.88. The van der Waals surface area contributed by atoms with E-state index in [1.807, 2.05) is 0 Å². The van der Waals surface area contributed by atoms with Crippen molar-refractivity contribution in [2.24, 2.45) is 14.1 Å². The van der Waals surface area contributed by atoms with E-state index in [1.165, 1.54) is 14.9 Å². The minimum Gasteiger partial charge on any atom is -0.221 e. The summed E-state index contributed by atoms with van der Waals surface area (Å²) in [5.41, 5.74) is 2.56. The molecule has 0 N–H and O–H groups in total. The third-order valence-electron chi connectivity index (χ3n) is 2.16. The van der Waals surface area contributed by atoms with E-state index in [0.717, 1.165) is 0 Å². The Kier molecular flexibility index (Phi) is 1.83. The maximum absolute atomic E-state index is 2.35. The first-order valence-corrected chi connectivity index (χ1v) is 4.88. The Morgan fingerprint density at radius 2 is 2.00 bits per heavy atom. The maximum Gasteiger partial charge on any atom is 0.318 e. The predicted octanol–water partition coefficient (Wildman–Crippen LogP) is 1.61. The molecule has 0 amide bonds. The zero-order valence-corrected chi connectivity index (χ0v) is 9.24. The van der Waals surface area contributed by atoms with Crippen molar-refractivity contribution < 1.29 is 4.57 Å². The van der Waals surface area contributed by atoms with E-state index in [1.54, 1.807) is 0 Å². The summed E-state index contributed by atoms with van der Waals surface area (Å²) in [6.45, 7) is 0. The van der Waals surface area contributed by atoms with Crippen LogP contribution in [0.25, 0.3) is 11.0 Å². The molecule has 0 bridgehead atoms. The maximum atomic E-state index is 2.35. The molecule has 0 atom stereocenters. The van der Waals surface area contributed by atoms with Crippen molar-refractivity contribution in [2.75, 3.05) is 0 Å². The lowest BCUT2D eigenvalue weighted by atomic mass is 10.3. The Balaban J connectivity index is 2.99. The Hall–Kier alpha value is -0.580. The first kappa shape index (κ1) is 8.04.